The van der Waals surface area contributed by atoms with Gasteiger partial charge in [0, 0.05) is 13.0 Å². The van der Waals surface area contributed by atoms with Crippen molar-refractivity contribution in [3.05, 3.63) is 122 Å². The predicted molar refractivity (Wildman–Crippen MR) is 244 cm³/mol. The molecule has 3 unspecified atom stereocenters. The SMILES string of the molecule is CC/C=C\C/C=C\C/C=C\C/C=C\C/C=C\C/C=C\C/C=C\CCCCOCC(COP(=O)(O)OCC(N)C(=O)O)OC(=O)CCCCC/C=C\C/C=C\C/C=C\CC. The van der Waals surface area contributed by atoms with Crippen molar-refractivity contribution in [1.82, 2.24) is 0 Å². The minimum Gasteiger partial charge on any atom is -0.480 e. The van der Waals surface area contributed by atoms with Crippen LogP contribution in [0.15, 0.2) is 122 Å². The van der Waals surface area contributed by atoms with Gasteiger partial charge in [-0.05, 0) is 103 Å². The van der Waals surface area contributed by atoms with E-state index in [2.05, 4.69) is 135 Å². The van der Waals surface area contributed by atoms with E-state index >= 15 is 0 Å². The lowest BCUT2D eigenvalue weighted by Gasteiger charge is -2.20. The molecule has 0 aromatic carbocycles. The molecule has 11 heteroatoms. The van der Waals surface area contributed by atoms with Crippen LogP contribution in [-0.2, 0) is 32.7 Å². The Morgan fingerprint density at radius 3 is 1.36 bits per heavy atom. The number of carboxylic acid groups (broad SMARTS) is 1. The first kappa shape index (κ1) is 55.4. The molecule has 0 aliphatic rings. The van der Waals surface area contributed by atoms with E-state index in [1.807, 2.05) is 0 Å². The Kier molecular flexibility index (Phi) is 39.9. The van der Waals surface area contributed by atoms with E-state index in [0.29, 0.717) is 13.0 Å². The standard InChI is InChI=1S/C48H76NO9P/c1-3-5-7-9-11-13-15-17-18-19-20-21-22-23-24-25-26-27-29-31-33-35-37-39-41-55-42-45(43-56-59(53,54)57-44-46(49)48(51)52)58-47(50)40-38-36-34-32-30-28-16-14-12-10-8-6-4-2/h5-8,11-14,17-18,20-21,23-24,26-28,30-31,33,45-46H,3-4,9-10,15-16,19,22,25,29,32,34-44,49H2,1-2H3,(H,51,52)(H,53,54)/b7-5-,8-6-,13-11-,14-12-,18-17-,21-20-,24-23-,27-26-,30-28-,33-31-. The molecule has 4 N–H and O–H groups in total. The molecule has 59 heavy (non-hydrogen) atoms. The van der Waals surface area contributed by atoms with Gasteiger partial charge in [-0.25, -0.2) is 4.57 Å². The van der Waals surface area contributed by atoms with Gasteiger partial charge in [0.2, 0.25) is 0 Å². The molecule has 0 saturated heterocycles. The molecule has 0 radical (unpaired) electrons. The van der Waals surface area contributed by atoms with Crippen LogP contribution in [0.2, 0.25) is 0 Å². The van der Waals surface area contributed by atoms with Crippen LogP contribution in [0, 0.1) is 0 Å². The lowest BCUT2D eigenvalue weighted by atomic mass is 10.1. The molecule has 0 aliphatic heterocycles. The number of aliphatic carboxylic acids is 1. The normalized spacial score (nSPS) is 15.1. The van der Waals surface area contributed by atoms with Crippen molar-refractivity contribution in [1.29, 1.82) is 0 Å². The highest BCUT2D eigenvalue weighted by molar-refractivity contribution is 7.47. The molecule has 0 saturated carbocycles. The summed E-state index contributed by atoms with van der Waals surface area (Å²) in [5.41, 5.74) is 5.34. The minimum atomic E-state index is -4.65. The van der Waals surface area contributed by atoms with Gasteiger partial charge in [0.15, 0.2) is 0 Å². The smallest absolute Gasteiger partial charge is 0.472 e. The second-order valence-electron chi connectivity index (χ2n) is 13.7. The average Bonchev–Trinajstić information content (AvgIpc) is 3.21. The van der Waals surface area contributed by atoms with Crippen LogP contribution in [0.1, 0.15) is 129 Å². The van der Waals surface area contributed by atoms with Crippen molar-refractivity contribution in [3.8, 4) is 0 Å². The summed E-state index contributed by atoms with van der Waals surface area (Å²) in [5.74, 6) is -1.84. The van der Waals surface area contributed by atoms with Crippen molar-refractivity contribution < 1.29 is 42.7 Å². The van der Waals surface area contributed by atoms with Crippen LogP contribution in [0.25, 0.3) is 0 Å². The Labute approximate surface area is 356 Å². The number of unbranched alkanes of at least 4 members (excludes halogenated alkanes) is 5. The van der Waals surface area contributed by atoms with E-state index in [0.717, 1.165) is 103 Å². The van der Waals surface area contributed by atoms with Crippen LogP contribution in [-0.4, -0.2) is 60.5 Å². The molecule has 0 bridgehead atoms. The molecule has 3 atom stereocenters. The number of allylic oxidation sites excluding steroid dienone is 20. The van der Waals surface area contributed by atoms with Gasteiger partial charge in [-0.15, -0.1) is 0 Å². The van der Waals surface area contributed by atoms with Crippen LogP contribution in [0.4, 0.5) is 0 Å². The Morgan fingerprint density at radius 2 is 0.932 bits per heavy atom. The summed E-state index contributed by atoms with van der Waals surface area (Å²) in [5, 5.41) is 8.89. The fraction of sp³-hybridized carbons (Fsp3) is 0.542. The maximum absolute atomic E-state index is 12.6. The Bertz CT molecular complexity index is 1390. The van der Waals surface area contributed by atoms with Crippen molar-refractivity contribution in [3.63, 3.8) is 0 Å². The number of carbonyl (C=O) groups is 2. The van der Waals surface area contributed by atoms with Gasteiger partial charge >= 0.3 is 19.8 Å². The highest BCUT2D eigenvalue weighted by Gasteiger charge is 2.27. The van der Waals surface area contributed by atoms with Crippen molar-refractivity contribution >= 4 is 19.8 Å². The number of carbonyl (C=O) groups excluding carboxylic acids is 1. The summed E-state index contributed by atoms with van der Waals surface area (Å²) in [6.07, 6.45) is 58.4. The summed E-state index contributed by atoms with van der Waals surface area (Å²) in [6.45, 7) is 3.46. The molecule has 332 valence electrons. The van der Waals surface area contributed by atoms with Gasteiger partial charge in [0.1, 0.15) is 12.1 Å². The molecule has 10 nitrogen and oxygen atoms in total. The number of ether oxygens (including phenoxy) is 2. The zero-order valence-electron chi connectivity index (χ0n) is 36.0. The van der Waals surface area contributed by atoms with Gasteiger partial charge in [-0.2, -0.15) is 0 Å². The molecule has 0 heterocycles. The third-order valence-corrected chi connectivity index (χ3v) is 9.19. The maximum Gasteiger partial charge on any atom is 0.472 e. The number of carboxylic acids is 1. The molecular weight excluding hydrogens is 765 g/mol. The summed E-state index contributed by atoms with van der Waals surface area (Å²) < 4.78 is 33.2. The molecule has 0 rings (SSSR count). The monoisotopic (exact) mass is 842 g/mol. The van der Waals surface area contributed by atoms with Gasteiger partial charge in [0.25, 0.3) is 0 Å². The second-order valence-corrected chi connectivity index (χ2v) is 15.2. The molecular formula is C48H76NO9P. The van der Waals surface area contributed by atoms with Gasteiger partial charge in [-0.3, -0.25) is 18.6 Å². The number of phosphoric ester groups is 1. The third-order valence-electron chi connectivity index (χ3n) is 8.24. The number of hydrogen-bond acceptors (Lipinski definition) is 8. The lowest BCUT2D eigenvalue weighted by Crippen LogP contribution is -2.34. The topological polar surface area (TPSA) is 155 Å². The Balaban J connectivity index is 4.37. The second kappa shape index (κ2) is 42.5. The minimum absolute atomic E-state index is 0.0347. The van der Waals surface area contributed by atoms with E-state index in [4.69, 9.17) is 29.4 Å². The Hall–Kier alpha value is -3.63. The number of rotatable bonds is 39. The lowest BCUT2D eigenvalue weighted by molar-refractivity contribution is -0.154. The molecule has 0 amide bonds. The maximum atomic E-state index is 12.6. The van der Waals surface area contributed by atoms with Crippen LogP contribution in [0.3, 0.4) is 0 Å². The van der Waals surface area contributed by atoms with Crippen molar-refractivity contribution in [2.24, 2.45) is 5.73 Å². The molecule has 0 aromatic heterocycles. The number of nitrogens with two attached hydrogens (primary N) is 1. The van der Waals surface area contributed by atoms with Gasteiger partial charge in [-0.1, -0.05) is 142 Å². The fourth-order valence-electron chi connectivity index (χ4n) is 4.95. The highest BCUT2D eigenvalue weighted by atomic mass is 31.2. The predicted octanol–water partition coefficient (Wildman–Crippen LogP) is 12.1. The first-order valence-corrected chi connectivity index (χ1v) is 23.1. The van der Waals surface area contributed by atoms with E-state index in [1.54, 1.807) is 0 Å². The first-order valence-electron chi connectivity index (χ1n) is 21.6. The largest absolute Gasteiger partial charge is 0.480 e. The number of phosphoric acid groups is 1. The molecule has 0 aliphatic carbocycles. The van der Waals surface area contributed by atoms with Crippen LogP contribution in [0.5, 0.6) is 0 Å². The zero-order valence-corrected chi connectivity index (χ0v) is 36.9. The first-order chi connectivity index (χ1) is 28.7. The third kappa shape index (κ3) is 42.3. The average molecular weight is 842 g/mol. The zero-order chi connectivity index (χ0) is 43.3. The molecule has 0 spiro atoms. The summed E-state index contributed by atoms with van der Waals surface area (Å²) in [6, 6.07) is -1.49. The molecule has 0 aromatic rings. The fourth-order valence-corrected chi connectivity index (χ4v) is 5.73. The van der Waals surface area contributed by atoms with Gasteiger partial charge in [0.05, 0.1) is 19.8 Å². The van der Waals surface area contributed by atoms with Crippen LogP contribution < -0.4 is 5.73 Å². The Morgan fingerprint density at radius 1 is 0.542 bits per heavy atom. The van der Waals surface area contributed by atoms with Crippen molar-refractivity contribution in [2.75, 3.05) is 26.4 Å². The molecule has 0 fully saturated rings. The van der Waals surface area contributed by atoms with E-state index in [-0.39, 0.29) is 13.0 Å². The number of hydrogen-bond donors (Lipinski definition) is 3. The van der Waals surface area contributed by atoms with E-state index in [1.165, 1.54) is 0 Å². The van der Waals surface area contributed by atoms with Crippen molar-refractivity contribution in [2.45, 2.75) is 142 Å². The van der Waals surface area contributed by atoms with E-state index in [9.17, 15) is 19.0 Å². The summed E-state index contributed by atoms with van der Waals surface area (Å²) >= 11 is 0. The highest BCUT2D eigenvalue weighted by Crippen LogP contribution is 2.43. The summed E-state index contributed by atoms with van der Waals surface area (Å²) in [4.78, 5) is 33.5. The van der Waals surface area contributed by atoms with Crippen LogP contribution >= 0.6 is 7.82 Å². The quantitative estimate of drug-likeness (QED) is 0.0236. The number of esters is 1. The van der Waals surface area contributed by atoms with E-state index < -0.39 is 45.1 Å². The summed E-state index contributed by atoms with van der Waals surface area (Å²) in [7, 11) is -4.65. The van der Waals surface area contributed by atoms with Gasteiger partial charge < -0.3 is 25.2 Å².